The molecule has 0 heterocycles. The van der Waals surface area contributed by atoms with Gasteiger partial charge in [0.2, 0.25) is 6.10 Å². The molecule has 0 spiro atoms. The SMILES string of the molecule is COC(C)(CCCOC(C(F)(F)F)C(F)(F)F)OC. The number of alkyl halides is 6. The Hall–Kier alpha value is -0.540. The van der Waals surface area contributed by atoms with Crippen molar-refractivity contribution < 1.29 is 40.6 Å². The fraction of sp³-hybridized carbons (Fsp3) is 1.00. The zero-order valence-corrected chi connectivity index (χ0v) is 10.7. The molecule has 0 saturated heterocycles. The van der Waals surface area contributed by atoms with E-state index in [0.29, 0.717) is 0 Å². The number of ether oxygens (including phenoxy) is 3. The van der Waals surface area contributed by atoms with E-state index in [9.17, 15) is 26.3 Å². The molecule has 0 bridgehead atoms. The number of methoxy groups -OCH3 is 2. The Labute approximate surface area is 106 Å². The van der Waals surface area contributed by atoms with E-state index < -0.39 is 30.9 Å². The van der Waals surface area contributed by atoms with E-state index in [-0.39, 0.29) is 12.8 Å². The summed E-state index contributed by atoms with van der Waals surface area (Å²) in [5, 5.41) is 0. The highest BCUT2D eigenvalue weighted by Crippen LogP contribution is 2.35. The molecule has 0 N–H and O–H groups in total. The van der Waals surface area contributed by atoms with E-state index in [0.717, 1.165) is 0 Å². The highest BCUT2D eigenvalue weighted by atomic mass is 19.4. The van der Waals surface area contributed by atoms with Crippen LogP contribution >= 0.6 is 0 Å². The summed E-state index contributed by atoms with van der Waals surface area (Å²) in [6, 6.07) is 0. The Balaban J connectivity index is 4.31. The van der Waals surface area contributed by atoms with Crippen LogP contribution < -0.4 is 0 Å². The van der Waals surface area contributed by atoms with Crippen molar-refractivity contribution in [3.63, 3.8) is 0 Å². The van der Waals surface area contributed by atoms with Gasteiger partial charge in [-0.25, -0.2) is 0 Å². The minimum absolute atomic E-state index is 0.0686. The lowest BCUT2D eigenvalue weighted by molar-refractivity contribution is -0.322. The molecule has 0 aromatic rings. The first-order valence-corrected chi connectivity index (χ1v) is 5.31. The Kier molecular flexibility index (Phi) is 6.56. The third kappa shape index (κ3) is 6.44. The maximum absolute atomic E-state index is 12.1. The Bertz CT molecular complexity index is 245. The summed E-state index contributed by atoms with van der Waals surface area (Å²) in [5.74, 6) is -1.06. The van der Waals surface area contributed by atoms with E-state index in [1.54, 1.807) is 0 Å². The lowest BCUT2D eigenvalue weighted by Gasteiger charge is -2.27. The number of halogens is 6. The Morgan fingerprint density at radius 1 is 0.895 bits per heavy atom. The van der Waals surface area contributed by atoms with Crippen LogP contribution in [0.4, 0.5) is 26.3 Å². The molecular formula is C10H16F6O3. The third-order valence-electron chi connectivity index (χ3n) is 2.52. The van der Waals surface area contributed by atoms with Crippen molar-refractivity contribution in [3.8, 4) is 0 Å². The van der Waals surface area contributed by atoms with Crippen LogP contribution in [-0.2, 0) is 14.2 Å². The first-order chi connectivity index (χ1) is 8.46. The quantitative estimate of drug-likeness (QED) is 0.410. The van der Waals surface area contributed by atoms with Crippen molar-refractivity contribution >= 4 is 0 Å². The lowest BCUT2D eigenvalue weighted by Crippen LogP contribution is -2.44. The number of rotatable bonds is 7. The Morgan fingerprint density at radius 2 is 1.32 bits per heavy atom. The maximum atomic E-state index is 12.1. The summed E-state index contributed by atoms with van der Waals surface area (Å²) in [6.07, 6.45) is -14.7. The lowest BCUT2D eigenvalue weighted by atomic mass is 10.2. The smallest absolute Gasteiger partial charge is 0.361 e. The molecule has 19 heavy (non-hydrogen) atoms. The van der Waals surface area contributed by atoms with Gasteiger partial charge in [0.1, 0.15) is 0 Å². The predicted molar refractivity (Wildman–Crippen MR) is 53.5 cm³/mol. The average molecular weight is 298 g/mol. The highest BCUT2D eigenvalue weighted by molar-refractivity contribution is 4.76. The molecule has 116 valence electrons. The zero-order chi connectivity index (χ0) is 15.3. The van der Waals surface area contributed by atoms with Crippen molar-refractivity contribution in [1.82, 2.24) is 0 Å². The molecule has 3 nitrogen and oxygen atoms in total. The van der Waals surface area contributed by atoms with Gasteiger partial charge >= 0.3 is 12.4 Å². The van der Waals surface area contributed by atoms with Gasteiger partial charge in [-0.2, -0.15) is 26.3 Å². The van der Waals surface area contributed by atoms with E-state index in [1.165, 1.54) is 21.1 Å². The Morgan fingerprint density at radius 3 is 1.63 bits per heavy atom. The first-order valence-electron chi connectivity index (χ1n) is 5.31. The minimum Gasteiger partial charge on any atom is -0.361 e. The molecule has 0 aliphatic carbocycles. The van der Waals surface area contributed by atoms with Crippen LogP contribution in [-0.4, -0.2) is 45.1 Å². The molecule has 0 aromatic carbocycles. The van der Waals surface area contributed by atoms with Gasteiger partial charge in [-0.15, -0.1) is 0 Å². The number of hydrogen-bond donors (Lipinski definition) is 0. The second kappa shape index (κ2) is 6.76. The molecule has 0 aliphatic heterocycles. The van der Waals surface area contributed by atoms with Gasteiger partial charge in [0.15, 0.2) is 5.79 Å². The van der Waals surface area contributed by atoms with Crippen molar-refractivity contribution in [1.29, 1.82) is 0 Å². The van der Waals surface area contributed by atoms with Crippen molar-refractivity contribution in [2.75, 3.05) is 20.8 Å². The van der Waals surface area contributed by atoms with Crippen LogP contribution in [0.5, 0.6) is 0 Å². The zero-order valence-electron chi connectivity index (χ0n) is 10.7. The van der Waals surface area contributed by atoms with Gasteiger partial charge in [-0.3, -0.25) is 0 Å². The summed E-state index contributed by atoms with van der Waals surface area (Å²) >= 11 is 0. The first kappa shape index (κ1) is 18.5. The predicted octanol–water partition coefficient (Wildman–Crippen LogP) is 3.29. The summed E-state index contributed by atoms with van der Waals surface area (Å²) in [7, 11) is 2.64. The summed E-state index contributed by atoms with van der Waals surface area (Å²) in [5.41, 5.74) is 0. The molecule has 0 aromatic heterocycles. The van der Waals surface area contributed by atoms with Crippen LogP contribution in [0.25, 0.3) is 0 Å². The molecule has 0 unspecified atom stereocenters. The van der Waals surface area contributed by atoms with Gasteiger partial charge < -0.3 is 14.2 Å². The number of hydrogen-bond acceptors (Lipinski definition) is 3. The van der Waals surface area contributed by atoms with Crippen molar-refractivity contribution in [3.05, 3.63) is 0 Å². The van der Waals surface area contributed by atoms with E-state index in [2.05, 4.69) is 4.74 Å². The van der Waals surface area contributed by atoms with Gasteiger partial charge in [-0.1, -0.05) is 0 Å². The van der Waals surface area contributed by atoms with E-state index >= 15 is 0 Å². The minimum atomic E-state index is -5.48. The van der Waals surface area contributed by atoms with E-state index in [4.69, 9.17) is 9.47 Å². The molecule has 0 radical (unpaired) electrons. The normalized spacial score (nSPS) is 14.2. The van der Waals surface area contributed by atoms with Gasteiger partial charge in [0.05, 0.1) is 0 Å². The topological polar surface area (TPSA) is 27.7 Å². The van der Waals surface area contributed by atoms with Crippen LogP contribution in [0.2, 0.25) is 0 Å². The second-order valence-electron chi connectivity index (χ2n) is 3.98. The second-order valence-corrected chi connectivity index (χ2v) is 3.98. The third-order valence-corrected chi connectivity index (χ3v) is 2.52. The molecule has 0 fully saturated rings. The van der Waals surface area contributed by atoms with Crippen molar-refractivity contribution in [2.45, 2.75) is 44.0 Å². The summed E-state index contributed by atoms with van der Waals surface area (Å²) < 4.78 is 86.4. The van der Waals surface area contributed by atoms with Gasteiger partial charge in [0, 0.05) is 27.2 Å². The van der Waals surface area contributed by atoms with Crippen LogP contribution in [0.1, 0.15) is 19.8 Å². The van der Waals surface area contributed by atoms with Crippen LogP contribution in [0.15, 0.2) is 0 Å². The average Bonchev–Trinajstić information content (AvgIpc) is 2.24. The molecule has 9 heteroatoms. The monoisotopic (exact) mass is 298 g/mol. The molecule has 0 atom stereocenters. The van der Waals surface area contributed by atoms with Gasteiger partial charge in [-0.05, 0) is 13.3 Å². The fourth-order valence-corrected chi connectivity index (χ4v) is 1.26. The highest BCUT2D eigenvalue weighted by Gasteiger charge is 2.57. The summed E-state index contributed by atoms with van der Waals surface area (Å²) in [4.78, 5) is 0. The largest absolute Gasteiger partial charge is 0.423 e. The van der Waals surface area contributed by atoms with Gasteiger partial charge in [0.25, 0.3) is 0 Å². The van der Waals surface area contributed by atoms with Crippen LogP contribution in [0.3, 0.4) is 0 Å². The van der Waals surface area contributed by atoms with Crippen molar-refractivity contribution in [2.24, 2.45) is 0 Å². The fourth-order valence-electron chi connectivity index (χ4n) is 1.26. The van der Waals surface area contributed by atoms with Crippen LogP contribution in [0, 0.1) is 0 Å². The molecular weight excluding hydrogens is 282 g/mol. The molecule has 0 rings (SSSR count). The molecule has 0 aliphatic rings. The molecule has 0 saturated carbocycles. The maximum Gasteiger partial charge on any atom is 0.423 e. The van der Waals surface area contributed by atoms with E-state index in [1.807, 2.05) is 0 Å². The molecule has 0 amide bonds. The standard InChI is InChI=1S/C10H16F6O3/c1-8(17-2,18-3)5-4-6-19-7(9(11,12)13)10(14,15)16/h7H,4-6H2,1-3H3. The summed E-state index contributed by atoms with van der Waals surface area (Å²) in [6.45, 7) is 0.810.